The Morgan fingerprint density at radius 3 is 2.35 bits per heavy atom. The predicted molar refractivity (Wildman–Crippen MR) is 76.5 cm³/mol. The monoisotopic (exact) mass is 300 g/mol. The third-order valence-corrected chi connectivity index (χ3v) is 5.02. The lowest BCUT2D eigenvalue weighted by molar-refractivity contribution is 0.387. The highest BCUT2D eigenvalue weighted by Gasteiger charge is 2.38. The van der Waals surface area contributed by atoms with Crippen molar-refractivity contribution in [3.63, 3.8) is 0 Å². The number of anilines is 1. The Labute approximate surface area is 119 Å². The Morgan fingerprint density at radius 1 is 1.25 bits per heavy atom. The summed E-state index contributed by atoms with van der Waals surface area (Å²) in [4.78, 5) is 0.0301. The molecule has 0 unspecified atom stereocenters. The molecular weight excluding hydrogens is 280 g/mol. The third-order valence-electron chi connectivity index (χ3n) is 3.60. The molecule has 1 aromatic carbocycles. The van der Waals surface area contributed by atoms with Gasteiger partial charge in [-0.2, -0.15) is 0 Å². The van der Waals surface area contributed by atoms with Gasteiger partial charge in [0.2, 0.25) is 10.0 Å². The molecule has 1 saturated carbocycles. The van der Waals surface area contributed by atoms with Crippen molar-refractivity contribution in [3.8, 4) is 11.5 Å². The number of benzene rings is 1. The van der Waals surface area contributed by atoms with E-state index in [0.29, 0.717) is 12.3 Å². The van der Waals surface area contributed by atoms with Gasteiger partial charge in [0.1, 0.15) is 16.4 Å². The number of nitrogens with one attached hydrogen (secondary N) is 1. The molecule has 7 heteroatoms. The molecule has 6 nitrogen and oxygen atoms in total. The molecule has 20 heavy (non-hydrogen) atoms. The summed E-state index contributed by atoms with van der Waals surface area (Å²) in [6, 6.07) is 2.83. The molecule has 0 aromatic heterocycles. The van der Waals surface area contributed by atoms with E-state index >= 15 is 0 Å². The Morgan fingerprint density at radius 2 is 1.85 bits per heavy atom. The lowest BCUT2D eigenvalue weighted by atomic mass is 10.2. The van der Waals surface area contributed by atoms with Crippen LogP contribution in [0.3, 0.4) is 0 Å². The fourth-order valence-corrected chi connectivity index (χ4v) is 3.22. The molecule has 3 N–H and O–H groups in total. The van der Waals surface area contributed by atoms with Gasteiger partial charge in [0.05, 0.1) is 19.9 Å². The molecule has 0 atom stereocenters. The lowest BCUT2D eigenvalue weighted by Gasteiger charge is -2.15. The number of nitrogen functional groups attached to an aromatic ring is 1. The van der Waals surface area contributed by atoms with Crippen molar-refractivity contribution in [3.05, 3.63) is 12.1 Å². The molecule has 0 aliphatic heterocycles. The van der Waals surface area contributed by atoms with Crippen LogP contribution in [0.15, 0.2) is 17.0 Å². The van der Waals surface area contributed by atoms with E-state index in [4.69, 9.17) is 15.2 Å². The largest absolute Gasteiger partial charge is 0.495 e. The van der Waals surface area contributed by atoms with E-state index in [-0.39, 0.29) is 21.7 Å². The fraction of sp³-hybridized carbons (Fsp3) is 0.538. The first-order chi connectivity index (χ1) is 9.31. The van der Waals surface area contributed by atoms with Crippen LogP contribution in [0, 0.1) is 5.41 Å². The van der Waals surface area contributed by atoms with Gasteiger partial charge >= 0.3 is 0 Å². The van der Waals surface area contributed by atoms with Crippen LogP contribution in [0.4, 0.5) is 5.69 Å². The van der Waals surface area contributed by atoms with E-state index in [1.807, 2.05) is 0 Å². The van der Waals surface area contributed by atoms with Crippen molar-refractivity contribution in [1.29, 1.82) is 0 Å². The normalized spacial score (nSPS) is 16.8. The molecule has 0 heterocycles. The minimum atomic E-state index is -3.65. The van der Waals surface area contributed by atoms with Crippen LogP contribution < -0.4 is 19.9 Å². The topological polar surface area (TPSA) is 90.6 Å². The summed E-state index contributed by atoms with van der Waals surface area (Å²) in [6.07, 6.45) is 2.08. The summed E-state index contributed by atoms with van der Waals surface area (Å²) in [5.74, 6) is 0.597. The molecule has 0 radical (unpaired) electrons. The number of hydrogen-bond donors (Lipinski definition) is 2. The molecule has 1 aromatic rings. The maximum Gasteiger partial charge on any atom is 0.244 e. The van der Waals surface area contributed by atoms with Crippen molar-refractivity contribution >= 4 is 15.7 Å². The highest BCUT2D eigenvalue weighted by molar-refractivity contribution is 7.89. The Balaban J connectivity index is 2.32. The summed E-state index contributed by atoms with van der Waals surface area (Å²) in [7, 11) is -0.782. The number of hydrogen-bond acceptors (Lipinski definition) is 5. The third kappa shape index (κ3) is 2.99. The van der Waals surface area contributed by atoms with Gasteiger partial charge in [0, 0.05) is 12.6 Å². The van der Waals surface area contributed by atoms with Crippen LogP contribution in [0.25, 0.3) is 0 Å². The maximum atomic E-state index is 12.4. The highest BCUT2D eigenvalue weighted by atomic mass is 32.2. The smallest absolute Gasteiger partial charge is 0.244 e. The lowest BCUT2D eigenvalue weighted by Crippen LogP contribution is -2.29. The predicted octanol–water partition coefficient (Wildman–Crippen LogP) is 1.36. The van der Waals surface area contributed by atoms with E-state index in [2.05, 4.69) is 11.6 Å². The standard InChI is InChI=1S/C13H20N2O4S/c1-13(4-5-13)8-15-20(16,17)12-6-9(14)10(18-2)7-11(12)19-3/h6-7,15H,4-5,8,14H2,1-3H3. The van der Waals surface area contributed by atoms with Gasteiger partial charge in [-0.1, -0.05) is 6.92 Å². The van der Waals surface area contributed by atoms with Crippen molar-refractivity contribution in [2.75, 3.05) is 26.5 Å². The fourth-order valence-electron chi connectivity index (χ4n) is 1.84. The number of nitrogens with two attached hydrogens (primary N) is 1. The second-order valence-electron chi connectivity index (χ2n) is 5.38. The molecule has 1 fully saturated rings. The van der Waals surface area contributed by atoms with Crippen LogP contribution in [0.2, 0.25) is 0 Å². The van der Waals surface area contributed by atoms with Gasteiger partial charge in [-0.05, 0) is 24.3 Å². The average molecular weight is 300 g/mol. The Hall–Kier alpha value is -1.47. The molecule has 0 bridgehead atoms. The zero-order chi connectivity index (χ0) is 15.0. The molecule has 0 amide bonds. The minimum Gasteiger partial charge on any atom is -0.495 e. The summed E-state index contributed by atoms with van der Waals surface area (Å²) in [5, 5.41) is 0. The van der Waals surface area contributed by atoms with Crippen LogP contribution in [0.1, 0.15) is 19.8 Å². The first-order valence-electron chi connectivity index (χ1n) is 6.32. The highest BCUT2D eigenvalue weighted by Crippen LogP contribution is 2.44. The zero-order valence-electron chi connectivity index (χ0n) is 11.9. The van der Waals surface area contributed by atoms with Crippen LogP contribution in [-0.4, -0.2) is 29.2 Å². The quantitative estimate of drug-likeness (QED) is 0.774. The first-order valence-corrected chi connectivity index (χ1v) is 7.81. The van der Waals surface area contributed by atoms with Crippen molar-refractivity contribution in [1.82, 2.24) is 4.72 Å². The van der Waals surface area contributed by atoms with Gasteiger partial charge in [-0.15, -0.1) is 0 Å². The molecule has 1 aliphatic rings. The Bertz CT molecular complexity index is 609. The summed E-state index contributed by atoms with van der Waals surface area (Å²) >= 11 is 0. The molecule has 2 rings (SSSR count). The number of rotatable bonds is 6. The minimum absolute atomic E-state index is 0.0301. The molecule has 112 valence electrons. The zero-order valence-corrected chi connectivity index (χ0v) is 12.7. The van der Waals surface area contributed by atoms with E-state index in [1.165, 1.54) is 26.4 Å². The SMILES string of the molecule is COc1cc(OC)c(S(=O)(=O)NCC2(C)CC2)cc1N. The van der Waals surface area contributed by atoms with Crippen molar-refractivity contribution < 1.29 is 17.9 Å². The molecule has 0 spiro atoms. The van der Waals surface area contributed by atoms with Crippen molar-refractivity contribution in [2.45, 2.75) is 24.7 Å². The van der Waals surface area contributed by atoms with Gasteiger partial charge in [0.15, 0.2) is 0 Å². The van der Waals surface area contributed by atoms with E-state index < -0.39 is 10.0 Å². The van der Waals surface area contributed by atoms with Gasteiger partial charge < -0.3 is 15.2 Å². The van der Waals surface area contributed by atoms with E-state index in [9.17, 15) is 8.42 Å². The van der Waals surface area contributed by atoms with Gasteiger partial charge in [-0.25, -0.2) is 13.1 Å². The van der Waals surface area contributed by atoms with Crippen LogP contribution >= 0.6 is 0 Å². The van der Waals surface area contributed by atoms with Crippen LogP contribution in [-0.2, 0) is 10.0 Å². The van der Waals surface area contributed by atoms with E-state index in [0.717, 1.165) is 12.8 Å². The first kappa shape index (κ1) is 14.9. The maximum absolute atomic E-state index is 12.4. The molecule has 0 saturated heterocycles. The molecule has 1 aliphatic carbocycles. The van der Waals surface area contributed by atoms with Crippen LogP contribution in [0.5, 0.6) is 11.5 Å². The summed E-state index contributed by atoms with van der Waals surface area (Å²) in [5.41, 5.74) is 6.11. The van der Waals surface area contributed by atoms with E-state index in [1.54, 1.807) is 0 Å². The summed E-state index contributed by atoms with van der Waals surface area (Å²) < 4.78 is 37.5. The second-order valence-corrected chi connectivity index (χ2v) is 7.12. The van der Waals surface area contributed by atoms with Crippen molar-refractivity contribution in [2.24, 2.45) is 5.41 Å². The van der Waals surface area contributed by atoms with Gasteiger partial charge in [0.25, 0.3) is 0 Å². The Kier molecular flexibility index (Phi) is 3.84. The summed E-state index contributed by atoms with van der Waals surface area (Å²) in [6.45, 7) is 2.47. The second kappa shape index (κ2) is 5.14. The number of methoxy groups -OCH3 is 2. The average Bonchev–Trinajstić information content (AvgIpc) is 3.15. The molecular formula is C13H20N2O4S. The number of sulfonamides is 1. The van der Waals surface area contributed by atoms with Gasteiger partial charge in [-0.3, -0.25) is 0 Å². The number of ether oxygens (including phenoxy) is 2.